The van der Waals surface area contributed by atoms with Gasteiger partial charge in [-0.3, -0.25) is 0 Å². The van der Waals surface area contributed by atoms with Gasteiger partial charge in [0.1, 0.15) is 18.0 Å². The molecule has 1 saturated heterocycles. The summed E-state index contributed by atoms with van der Waals surface area (Å²) in [7, 11) is 1.82. The van der Waals surface area contributed by atoms with E-state index in [0.29, 0.717) is 12.4 Å². The highest BCUT2D eigenvalue weighted by molar-refractivity contribution is 5.67. The lowest BCUT2D eigenvalue weighted by Crippen LogP contribution is -2.30. The van der Waals surface area contributed by atoms with Crippen molar-refractivity contribution in [3.8, 4) is 5.88 Å². The molecule has 1 saturated carbocycles. The van der Waals surface area contributed by atoms with Crippen molar-refractivity contribution >= 4 is 6.29 Å². The number of epoxide rings is 1. The number of rotatable bonds is 6. The highest BCUT2D eigenvalue weighted by Crippen LogP contribution is 2.45. The highest BCUT2D eigenvalue weighted by atomic mass is 19.4. The Balaban J connectivity index is 1.38. The molecule has 0 radical (unpaired) electrons. The molecule has 2 fully saturated rings. The maximum Gasteiger partial charge on any atom is 0.416 e. The molecular weight excluding hydrogens is 389 g/mol. The van der Waals surface area contributed by atoms with Gasteiger partial charge in [-0.1, -0.05) is 0 Å². The lowest BCUT2D eigenvalue weighted by Gasteiger charge is -2.29. The summed E-state index contributed by atoms with van der Waals surface area (Å²) >= 11 is 0. The van der Waals surface area contributed by atoms with Crippen molar-refractivity contribution in [3.05, 3.63) is 35.5 Å². The predicted molar refractivity (Wildman–Crippen MR) is 94.0 cm³/mol. The number of pyridine rings is 1. The Bertz CT molecular complexity index is 887. The molecule has 1 aliphatic carbocycles. The first-order chi connectivity index (χ1) is 13.8. The number of hydrogen-bond acceptors (Lipinski definition) is 6. The van der Waals surface area contributed by atoms with Gasteiger partial charge < -0.3 is 18.8 Å². The minimum atomic E-state index is -4.45. The van der Waals surface area contributed by atoms with Crippen molar-refractivity contribution in [1.82, 2.24) is 19.7 Å². The Labute approximate surface area is 165 Å². The molecule has 3 heterocycles. The average Bonchev–Trinajstić information content (AvgIpc) is 3.43. The van der Waals surface area contributed by atoms with Crippen LogP contribution >= 0.6 is 0 Å². The van der Waals surface area contributed by atoms with E-state index in [1.807, 2.05) is 11.6 Å². The second-order valence-corrected chi connectivity index (χ2v) is 7.61. The summed E-state index contributed by atoms with van der Waals surface area (Å²) in [5, 5.41) is 8.39. The smallest absolute Gasteiger partial charge is 0.416 e. The van der Waals surface area contributed by atoms with Crippen LogP contribution in [-0.2, 0) is 29.4 Å². The SMILES string of the molecule is Cn1c(COc2cc(C(F)(F)F)ccn2)nnc1C1CCC(C2(C=O)CO2)CC1. The van der Waals surface area contributed by atoms with Crippen LogP contribution in [0.1, 0.15) is 48.8 Å². The van der Waals surface area contributed by atoms with Crippen LogP contribution in [-0.4, -0.2) is 38.2 Å². The molecule has 0 N–H and O–H groups in total. The molecule has 1 unspecified atom stereocenters. The lowest BCUT2D eigenvalue weighted by atomic mass is 9.76. The second kappa shape index (κ2) is 7.40. The third-order valence-electron chi connectivity index (χ3n) is 5.87. The third-order valence-corrected chi connectivity index (χ3v) is 5.87. The van der Waals surface area contributed by atoms with Gasteiger partial charge in [-0.25, -0.2) is 4.98 Å². The van der Waals surface area contributed by atoms with E-state index in [-0.39, 0.29) is 24.3 Å². The van der Waals surface area contributed by atoms with E-state index < -0.39 is 17.3 Å². The van der Waals surface area contributed by atoms with Gasteiger partial charge in [0, 0.05) is 25.2 Å². The van der Waals surface area contributed by atoms with E-state index in [4.69, 9.17) is 9.47 Å². The standard InChI is InChI=1S/C19H21F3N4O3/c1-26-15(9-28-16-8-14(6-7-23-16)19(20,21)22)24-25-17(26)12-2-4-13(5-3-12)18(10-27)11-29-18/h6-8,10,12-13H,2-5,9,11H2,1H3. The summed E-state index contributed by atoms with van der Waals surface area (Å²) in [6.45, 7) is 0.482. The minimum Gasteiger partial charge on any atom is -0.469 e. The first-order valence-corrected chi connectivity index (χ1v) is 9.47. The monoisotopic (exact) mass is 410 g/mol. The fourth-order valence-electron chi connectivity index (χ4n) is 3.98. The summed E-state index contributed by atoms with van der Waals surface area (Å²) in [5.41, 5.74) is -1.38. The molecule has 1 atom stereocenters. The zero-order chi connectivity index (χ0) is 20.6. The first kappa shape index (κ1) is 19.8. The summed E-state index contributed by atoms with van der Waals surface area (Å²) in [5.74, 6) is 1.67. The zero-order valence-electron chi connectivity index (χ0n) is 15.9. The molecule has 2 aliphatic rings. The van der Waals surface area contributed by atoms with Crippen LogP contribution in [0.25, 0.3) is 0 Å². The second-order valence-electron chi connectivity index (χ2n) is 7.61. The molecule has 2 aromatic rings. The molecule has 7 nitrogen and oxygen atoms in total. The molecule has 4 rings (SSSR count). The number of aromatic nitrogens is 4. The Morgan fingerprint density at radius 2 is 2.03 bits per heavy atom. The van der Waals surface area contributed by atoms with Gasteiger partial charge in [0.2, 0.25) is 5.88 Å². The van der Waals surface area contributed by atoms with Crippen LogP contribution in [0.15, 0.2) is 18.3 Å². The fraction of sp³-hybridized carbons (Fsp3) is 0.579. The summed E-state index contributed by atoms with van der Waals surface area (Å²) in [6, 6.07) is 1.76. The van der Waals surface area contributed by atoms with Gasteiger partial charge >= 0.3 is 6.18 Å². The Kier molecular flexibility index (Phi) is 5.05. The average molecular weight is 410 g/mol. The normalized spacial score (nSPS) is 26.9. The Morgan fingerprint density at radius 3 is 2.66 bits per heavy atom. The molecule has 156 valence electrons. The van der Waals surface area contributed by atoms with E-state index in [0.717, 1.165) is 56.1 Å². The molecule has 1 aliphatic heterocycles. The number of carbonyl (C=O) groups is 1. The van der Waals surface area contributed by atoms with Crippen LogP contribution in [0, 0.1) is 5.92 Å². The summed E-state index contributed by atoms with van der Waals surface area (Å²) in [4.78, 5) is 15.0. The van der Waals surface area contributed by atoms with Crippen molar-refractivity contribution in [2.45, 2.75) is 50.0 Å². The van der Waals surface area contributed by atoms with Crippen molar-refractivity contribution in [2.24, 2.45) is 13.0 Å². The van der Waals surface area contributed by atoms with E-state index in [9.17, 15) is 18.0 Å². The lowest BCUT2D eigenvalue weighted by molar-refractivity contribution is -0.137. The summed E-state index contributed by atoms with van der Waals surface area (Å²) < 4.78 is 51.0. The fourth-order valence-corrected chi connectivity index (χ4v) is 3.98. The zero-order valence-corrected chi connectivity index (χ0v) is 15.9. The molecule has 0 bridgehead atoms. The molecular formula is C19H21F3N4O3. The maximum atomic E-state index is 12.8. The van der Waals surface area contributed by atoms with Crippen LogP contribution in [0.3, 0.4) is 0 Å². The van der Waals surface area contributed by atoms with Crippen LogP contribution < -0.4 is 4.74 Å². The van der Waals surface area contributed by atoms with Gasteiger partial charge in [-0.2, -0.15) is 13.2 Å². The molecule has 0 aromatic carbocycles. The molecule has 10 heteroatoms. The van der Waals surface area contributed by atoms with Crippen LogP contribution in [0.5, 0.6) is 5.88 Å². The number of aldehydes is 1. The number of hydrogen-bond donors (Lipinski definition) is 0. The van der Waals surface area contributed by atoms with Crippen LogP contribution in [0.4, 0.5) is 13.2 Å². The van der Waals surface area contributed by atoms with Gasteiger partial charge in [-0.15, -0.1) is 10.2 Å². The molecule has 0 amide bonds. The quantitative estimate of drug-likeness (QED) is 0.538. The largest absolute Gasteiger partial charge is 0.469 e. The molecule has 2 aromatic heterocycles. The topological polar surface area (TPSA) is 82.4 Å². The Morgan fingerprint density at radius 1 is 1.31 bits per heavy atom. The van der Waals surface area contributed by atoms with Crippen molar-refractivity contribution in [2.75, 3.05) is 6.61 Å². The maximum absolute atomic E-state index is 12.8. The Hall–Kier alpha value is -2.49. The number of halogens is 3. The van der Waals surface area contributed by atoms with Gasteiger partial charge in [0.15, 0.2) is 12.1 Å². The van der Waals surface area contributed by atoms with Gasteiger partial charge in [0.05, 0.1) is 12.2 Å². The first-order valence-electron chi connectivity index (χ1n) is 9.47. The van der Waals surface area contributed by atoms with Crippen molar-refractivity contribution in [3.63, 3.8) is 0 Å². The third kappa shape index (κ3) is 3.98. The minimum absolute atomic E-state index is 0.0325. The van der Waals surface area contributed by atoms with E-state index in [1.54, 1.807) is 0 Å². The molecule has 29 heavy (non-hydrogen) atoms. The van der Waals surface area contributed by atoms with Crippen LogP contribution in [0.2, 0.25) is 0 Å². The molecule has 0 spiro atoms. The van der Waals surface area contributed by atoms with Crippen molar-refractivity contribution < 1.29 is 27.4 Å². The van der Waals surface area contributed by atoms with E-state index in [2.05, 4.69) is 15.2 Å². The number of ether oxygens (including phenoxy) is 2. The highest BCUT2D eigenvalue weighted by Gasteiger charge is 2.52. The van der Waals surface area contributed by atoms with Gasteiger partial charge in [0.25, 0.3) is 0 Å². The number of carbonyl (C=O) groups excluding carboxylic acids is 1. The predicted octanol–water partition coefficient (Wildman–Crippen LogP) is 3.05. The number of alkyl halides is 3. The van der Waals surface area contributed by atoms with E-state index in [1.165, 1.54) is 0 Å². The van der Waals surface area contributed by atoms with Gasteiger partial charge in [-0.05, 0) is 37.7 Å². The van der Waals surface area contributed by atoms with Crippen molar-refractivity contribution in [1.29, 1.82) is 0 Å². The number of nitrogens with zero attached hydrogens (tertiary/aromatic N) is 4. The van der Waals surface area contributed by atoms with E-state index >= 15 is 0 Å². The summed E-state index contributed by atoms with van der Waals surface area (Å²) in [6.07, 6.45) is 1.07.